The molecular weight excluding hydrogens is 274 g/mol. The van der Waals surface area contributed by atoms with Crippen LogP contribution in [0.25, 0.3) is 0 Å². The summed E-state index contributed by atoms with van der Waals surface area (Å²) in [5.41, 5.74) is 0.556. The second-order valence-electron chi connectivity index (χ2n) is 8.45. The number of nitrogens with zero attached hydrogens (tertiary/aromatic N) is 1. The monoisotopic (exact) mass is 295 g/mol. The van der Waals surface area contributed by atoms with Crippen molar-refractivity contribution >= 4 is 5.91 Å². The Morgan fingerprint density at radius 3 is 2.32 bits per heavy atom. The Morgan fingerprint density at radius 2 is 1.64 bits per heavy atom. The summed E-state index contributed by atoms with van der Waals surface area (Å²) >= 11 is 0. The molecule has 114 valence electrons. The topological polar surface area (TPSA) is 40.5 Å². The molecule has 3 heteroatoms. The molecule has 4 aliphatic carbocycles. The van der Waals surface area contributed by atoms with Gasteiger partial charge < -0.3 is 10.0 Å². The van der Waals surface area contributed by atoms with Crippen LogP contribution in [0.3, 0.4) is 0 Å². The van der Waals surface area contributed by atoms with Crippen molar-refractivity contribution in [1.29, 1.82) is 0 Å². The Bertz CT molecular complexity index is 683. The van der Waals surface area contributed by atoms with Gasteiger partial charge >= 0.3 is 0 Å². The van der Waals surface area contributed by atoms with Gasteiger partial charge in [-0.25, -0.2) is 0 Å². The second kappa shape index (κ2) is 3.43. The molecule has 1 amide bonds. The van der Waals surface area contributed by atoms with Crippen LogP contribution in [0.1, 0.15) is 48.0 Å². The van der Waals surface area contributed by atoms with E-state index < -0.39 is 5.72 Å². The molecule has 5 fully saturated rings. The Morgan fingerprint density at radius 1 is 1.00 bits per heavy atom. The van der Waals surface area contributed by atoms with Gasteiger partial charge in [0.2, 0.25) is 0 Å². The van der Waals surface area contributed by atoms with Gasteiger partial charge in [-0.1, -0.05) is 18.2 Å². The van der Waals surface area contributed by atoms with Crippen LogP contribution in [0.15, 0.2) is 24.3 Å². The molecule has 0 aromatic heterocycles. The Kier molecular flexibility index (Phi) is 1.89. The average Bonchev–Trinajstić information content (AvgIpc) is 2.67. The highest BCUT2D eigenvalue weighted by Crippen LogP contribution is 2.73. The maximum Gasteiger partial charge on any atom is 0.256 e. The molecular formula is C19H21NO2. The molecule has 4 saturated carbocycles. The van der Waals surface area contributed by atoms with E-state index >= 15 is 0 Å². The summed E-state index contributed by atoms with van der Waals surface area (Å²) in [4.78, 5) is 14.4. The average molecular weight is 295 g/mol. The van der Waals surface area contributed by atoms with Gasteiger partial charge in [-0.3, -0.25) is 4.79 Å². The fourth-order valence-electron chi connectivity index (χ4n) is 7.23. The zero-order valence-corrected chi connectivity index (χ0v) is 12.7. The first-order chi connectivity index (χ1) is 10.6. The van der Waals surface area contributed by atoms with Crippen LogP contribution >= 0.6 is 0 Å². The Balaban J connectivity index is 1.55. The first-order valence-corrected chi connectivity index (χ1v) is 8.78. The summed E-state index contributed by atoms with van der Waals surface area (Å²) in [6.07, 6.45) is 6.53. The minimum Gasteiger partial charge on any atom is -0.366 e. The van der Waals surface area contributed by atoms with Gasteiger partial charge in [0.25, 0.3) is 5.91 Å². The minimum absolute atomic E-state index is 0.0394. The van der Waals surface area contributed by atoms with Crippen LogP contribution in [0.4, 0.5) is 0 Å². The molecule has 1 N–H and O–H groups in total. The molecule has 1 aromatic carbocycles. The van der Waals surface area contributed by atoms with Crippen molar-refractivity contribution in [2.75, 3.05) is 6.54 Å². The molecule has 1 unspecified atom stereocenters. The maximum absolute atomic E-state index is 12.6. The predicted octanol–water partition coefficient (Wildman–Crippen LogP) is 2.74. The lowest BCUT2D eigenvalue weighted by atomic mass is 9.39. The van der Waals surface area contributed by atoms with Gasteiger partial charge in [0.05, 0.1) is 0 Å². The molecule has 7 rings (SSSR count). The standard InChI is InChI=1S/C19H21NO2/c21-17-15-3-1-2-4-16(15)19(22)18(10-20(17)19)13-6-11-5-12(8-13)9-14(18)7-11/h1-4,11-14,22H,5-10H2. The molecule has 3 nitrogen and oxygen atoms in total. The summed E-state index contributed by atoms with van der Waals surface area (Å²) in [5.74, 6) is 3.04. The number of rotatable bonds is 0. The fraction of sp³-hybridized carbons (Fsp3) is 0.632. The van der Waals surface area contributed by atoms with Crippen LogP contribution in [0.5, 0.6) is 0 Å². The van der Waals surface area contributed by atoms with Crippen molar-refractivity contribution in [2.24, 2.45) is 29.1 Å². The third-order valence-corrected chi connectivity index (χ3v) is 7.83. The normalized spacial score (nSPS) is 50.2. The second-order valence-corrected chi connectivity index (χ2v) is 8.45. The molecule has 6 aliphatic rings. The molecule has 2 heterocycles. The van der Waals surface area contributed by atoms with E-state index in [1.54, 1.807) is 4.90 Å². The number of hydrogen-bond acceptors (Lipinski definition) is 2. The van der Waals surface area contributed by atoms with E-state index in [9.17, 15) is 9.90 Å². The summed E-state index contributed by atoms with van der Waals surface area (Å²) in [5, 5.41) is 11.8. The van der Waals surface area contributed by atoms with E-state index in [1.807, 2.05) is 24.3 Å². The zero-order chi connectivity index (χ0) is 14.7. The number of aliphatic hydroxyl groups is 1. The van der Waals surface area contributed by atoms with Crippen molar-refractivity contribution in [3.8, 4) is 0 Å². The summed E-state index contributed by atoms with van der Waals surface area (Å²) in [7, 11) is 0. The Hall–Kier alpha value is -1.35. The lowest BCUT2D eigenvalue weighted by Crippen LogP contribution is -2.78. The summed E-state index contributed by atoms with van der Waals surface area (Å²) < 4.78 is 0. The van der Waals surface area contributed by atoms with E-state index in [0.29, 0.717) is 11.8 Å². The highest BCUT2D eigenvalue weighted by Gasteiger charge is 2.77. The predicted molar refractivity (Wildman–Crippen MR) is 80.9 cm³/mol. The minimum atomic E-state index is -1.01. The van der Waals surface area contributed by atoms with Crippen LogP contribution in [-0.4, -0.2) is 22.5 Å². The van der Waals surface area contributed by atoms with Crippen molar-refractivity contribution in [3.05, 3.63) is 35.4 Å². The van der Waals surface area contributed by atoms with Crippen molar-refractivity contribution in [1.82, 2.24) is 4.90 Å². The molecule has 22 heavy (non-hydrogen) atoms. The summed E-state index contributed by atoms with van der Waals surface area (Å²) in [6, 6.07) is 7.75. The molecule has 1 atom stereocenters. The first-order valence-electron chi connectivity index (χ1n) is 8.78. The van der Waals surface area contributed by atoms with Crippen LogP contribution in [0, 0.1) is 29.1 Å². The summed E-state index contributed by atoms with van der Waals surface area (Å²) in [6.45, 7) is 0.784. The van der Waals surface area contributed by atoms with E-state index in [-0.39, 0.29) is 11.3 Å². The van der Waals surface area contributed by atoms with Crippen LogP contribution < -0.4 is 0 Å². The zero-order valence-electron chi connectivity index (χ0n) is 12.7. The van der Waals surface area contributed by atoms with Gasteiger partial charge in [0.15, 0.2) is 5.72 Å². The van der Waals surface area contributed by atoms with Crippen molar-refractivity contribution in [2.45, 2.75) is 37.8 Å². The van der Waals surface area contributed by atoms with Crippen LogP contribution in [-0.2, 0) is 5.72 Å². The lowest BCUT2D eigenvalue weighted by Gasteiger charge is -2.73. The van der Waals surface area contributed by atoms with E-state index in [0.717, 1.165) is 29.5 Å². The Labute approximate surface area is 130 Å². The molecule has 0 radical (unpaired) electrons. The van der Waals surface area contributed by atoms with Crippen LogP contribution in [0.2, 0.25) is 0 Å². The van der Waals surface area contributed by atoms with Crippen molar-refractivity contribution in [3.63, 3.8) is 0 Å². The molecule has 1 aromatic rings. The number of carbonyl (C=O) groups excluding carboxylic acids is 1. The molecule has 2 aliphatic heterocycles. The molecule has 1 spiro atoms. The van der Waals surface area contributed by atoms with Gasteiger partial charge in [0.1, 0.15) is 0 Å². The van der Waals surface area contributed by atoms with E-state index in [2.05, 4.69) is 0 Å². The first kappa shape index (κ1) is 12.1. The van der Waals surface area contributed by atoms with Gasteiger partial charge in [-0.15, -0.1) is 0 Å². The largest absolute Gasteiger partial charge is 0.366 e. The van der Waals surface area contributed by atoms with Gasteiger partial charge in [0, 0.05) is 23.1 Å². The number of fused-ring (bicyclic) bond motifs is 3. The SMILES string of the molecule is O=C1c2ccccc2C2(O)N1CC21C2CC3CC(C2)CC1C3. The van der Waals surface area contributed by atoms with Gasteiger partial charge in [-0.2, -0.15) is 0 Å². The highest BCUT2D eigenvalue weighted by atomic mass is 16.3. The van der Waals surface area contributed by atoms with E-state index in [1.165, 1.54) is 32.1 Å². The third-order valence-electron chi connectivity index (χ3n) is 7.83. The maximum atomic E-state index is 12.6. The molecule has 4 bridgehead atoms. The van der Waals surface area contributed by atoms with Crippen molar-refractivity contribution < 1.29 is 9.90 Å². The lowest BCUT2D eigenvalue weighted by molar-refractivity contribution is -0.341. The molecule has 1 saturated heterocycles. The number of hydrogen-bond donors (Lipinski definition) is 1. The highest BCUT2D eigenvalue weighted by molar-refractivity contribution is 6.01. The smallest absolute Gasteiger partial charge is 0.256 e. The number of amides is 1. The third kappa shape index (κ3) is 1.02. The fourth-order valence-corrected chi connectivity index (χ4v) is 7.23. The quantitative estimate of drug-likeness (QED) is 0.799. The number of benzene rings is 1. The number of carbonyl (C=O) groups is 1. The van der Waals surface area contributed by atoms with Gasteiger partial charge in [-0.05, 0) is 61.8 Å². The van der Waals surface area contributed by atoms with E-state index in [4.69, 9.17) is 0 Å².